The average Bonchev–Trinajstić information content (AvgIpc) is 2.99. The van der Waals surface area contributed by atoms with Gasteiger partial charge in [-0.3, -0.25) is 10.1 Å². The van der Waals surface area contributed by atoms with E-state index in [0.717, 1.165) is 6.42 Å². The van der Waals surface area contributed by atoms with Crippen molar-refractivity contribution in [3.63, 3.8) is 0 Å². The molecule has 8 nitrogen and oxygen atoms in total. The standard InChI is InChI=1S/C13H19N3O5/c1-20-12-3-2-11(16(18)19)13(14-12)15(5-6-17)8-10-4-7-21-9-10/h2-3,10,17H,4-9H2,1H3. The van der Waals surface area contributed by atoms with Crippen molar-refractivity contribution in [2.45, 2.75) is 6.42 Å². The summed E-state index contributed by atoms with van der Waals surface area (Å²) in [5.74, 6) is 0.811. The molecule has 1 atom stereocenters. The van der Waals surface area contributed by atoms with Crippen molar-refractivity contribution < 1.29 is 19.5 Å². The fourth-order valence-electron chi connectivity index (χ4n) is 2.36. The molecule has 1 aromatic heterocycles. The van der Waals surface area contributed by atoms with Crippen molar-refractivity contribution in [2.75, 3.05) is 44.9 Å². The zero-order valence-corrected chi connectivity index (χ0v) is 11.9. The summed E-state index contributed by atoms with van der Waals surface area (Å²) in [7, 11) is 1.46. The summed E-state index contributed by atoms with van der Waals surface area (Å²) in [5, 5.41) is 20.4. The molecule has 0 aliphatic carbocycles. The van der Waals surface area contributed by atoms with E-state index < -0.39 is 4.92 Å². The number of aliphatic hydroxyl groups is 1. The highest BCUT2D eigenvalue weighted by Gasteiger charge is 2.26. The second-order valence-electron chi connectivity index (χ2n) is 4.85. The quantitative estimate of drug-likeness (QED) is 0.588. The lowest BCUT2D eigenvalue weighted by atomic mass is 10.1. The first-order valence-corrected chi connectivity index (χ1v) is 6.78. The topological polar surface area (TPSA) is 98.0 Å². The van der Waals surface area contributed by atoms with E-state index in [2.05, 4.69) is 4.98 Å². The Morgan fingerprint density at radius 2 is 2.43 bits per heavy atom. The second kappa shape index (κ2) is 7.19. The minimum atomic E-state index is -0.475. The molecule has 0 bridgehead atoms. The number of hydrogen-bond donors (Lipinski definition) is 1. The molecule has 2 rings (SSSR count). The third-order valence-electron chi connectivity index (χ3n) is 3.41. The second-order valence-corrected chi connectivity index (χ2v) is 4.85. The van der Waals surface area contributed by atoms with Crippen LogP contribution in [0.4, 0.5) is 11.5 Å². The van der Waals surface area contributed by atoms with E-state index in [1.807, 2.05) is 0 Å². The van der Waals surface area contributed by atoms with Gasteiger partial charge in [0.15, 0.2) is 0 Å². The van der Waals surface area contributed by atoms with Crippen LogP contribution in [0.2, 0.25) is 0 Å². The van der Waals surface area contributed by atoms with Gasteiger partial charge < -0.3 is 19.5 Å². The minimum absolute atomic E-state index is 0.0943. The summed E-state index contributed by atoms with van der Waals surface area (Å²) in [6.45, 7) is 2.05. The molecule has 1 aromatic rings. The summed E-state index contributed by atoms with van der Waals surface area (Å²) >= 11 is 0. The van der Waals surface area contributed by atoms with Crippen LogP contribution in [-0.4, -0.2) is 55.0 Å². The van der Waals surface area contributed by atoms with E-state index in [-0.39, 0.29) is 30.6 Å². The number of hydrogen-bond acceptors (Lipinski definition) is 7. The molecule has 1 N–H and O–H groups in total. The highest BCUT2D eigenvalue weighted by atomic mass is 16.6. The van der Waals surface area contributed by atoms with Crippen molar-refractivity contribution >= 4 is 11.5 Å². The third-order valence-corrected chi connectivity index (χ3v) is 3.41. The van der Waals surface area contributed by atoms with Crippen LogP contribution in [0.15, 0.2) is 12.1 Å². The van der Waals surface area contributed by atoms with Crippen LogP contribution in [0.25, 0.3) is 0 Å². The van der Waals surface area contributed by atoms with Gasteiger partial charge in [0, 0.05) is 37.7 Å². The SMILES string of the molecule is COc1ccc([N+](=O)[O-])c(N(CCO)CC2CCOC2)n1. The Bertz CT molecular complexity index is 491. The molecule has 0 amide bonds. The lowest BCUT2D eigenvalue weighted by molar-refractivity contribution is -0.384. The van der Waals surface area contributed by atoms with Gasteiger partial charge >= 0.3 is 5.69 Å². The van der Waals surface area contributed by atoms with Gasteiger partial charge in [-0.05, 0) is 6.42 Å². The van der Waals surface area contributed by atoms with E-state index in [0.29, 0.717) is 25.6 Å². The highest BCUT2D eigenvalue weighted by Crippen LogP contribution is 2.29. The first-order chi connectivity index (χ1) is 10.2. The van der Waals surface area contributed by atoms with Crippen LogP contribution >= 0.6 is 0 Å². The zero-order valence-electron chi connectivity index (χ0n) is 11.9. The van der Waals surface area contributed by atoms with Crippen LogP contribution in [-0.2, 0) is 4.74 Å². The Morgan fingerprint density at radius 3 is 3.00 bits per heavy atom. The Balaban J connectivity index is 2.29. The van der Waals surface area contributed by atoms with E-state index >= 15 is 0 Å². The Labute approximate surface area is 122 Å². The lowest BCUT2D eigenvalue weighted by Gasteiger charge is -2.25. The average molecular weight is 297 g/mol. The number of anilines is 1. The molecule has 1 aliphatic heterocycles. The van der Waals surface area contributed by atoms with Gasteiger partial charge in [0.1, 0.15) is 0 Å². The van der Waals surface area contributed by atoms with Crippen LogP contribution in [0.5, 0.6) is 5.88 Å². The molecule has 0 saturated carbocycles. The van der Waals surface area contributed by atoms with E-state index in [4.69, 9.17) is 9.47 Å². The number of methoxy groups -OCH3 is 1. The Morgan fingerprint density at radius 1 is 1.62 bits per heavy atom. The molecule has 0 aromatic carbocycles. The molecule has 116 valence electrons. The smallest absolute Gasteiger partial charge is 0.311 e. The van der Waals surface area contributed by atoms with Crippen LogP contribution in [0.1, 0.15) is 6.42 Å². The maximum absolute atomic E-state index is 11.2. The van der Waals surface area contributed by atoms with E-state index in [1.54, 1.807) is 4.90 Å². The van der Waals surface area contributed by atoms with Crippen LogP contribution in [0, 0.1) is 16.0 Å². The third kappa shape index (κ3) is 3.79. The molecule has 21 heavy (non-hydrogen) atoms. The molecule has 1 aliphatic rings. The number of nitro groups is 1. The van der Waals surface area contributed by atoms with Crippen molar-refractivity contribution in [1.29, 1.82) is 0 Å². The van der Waals surface area contributed by atoms with Gasteiger partial charge in [0.05, 0.1) is 25.2 Å². The maximum Gasteiger partial charge on any atom is 0.311 e. The number of ether oxygens (including phenoxy) is 2. The van der Waals surface area contributed by atoms with Crippen molar-refractivity contribution in [2.24, 2.45) is 5.92 Å². The van der Waals surface area contributed by atoms with E-state index in [1.165, 1.54) is 19.2 Å². The molecule has 0 spiro atoms. The maximum atomic E-state index is 11.2. The molecule has 1 fully saturated rings. The molecule has 8 heteroatoms. The van der Waals surface area contributed by atoms with Gasteiger partial charge in [0.2, 0.25) is 11.7 Å². The normalized spacial score (nSPS) is 17.7. The first-order valence-electron chi connectivity index (χ1n) is 6.78. The summed E-state index contributed by atoms with van der Waals surface area (Å²) in [6.07, 6.45) is 0.902. The monoisotopic (exact) mass is 297 g/mol. The largest absolute Gasteiger partial charge is 0.481 e. The van der Waals surface area contributed by atoms with Crippen molar-refractivity contribution in [1.82, 2.24) is 4.98 Å². The molecule has 1 unspecified atom stereocenters. The number of aromatic nitrogens is 1. The zero-order chi connectivity index (χ0) is 15.2. The van der Waals surface area contributed by atoms with Crippen LogP contribution < -0.4 is 9.64 Å². The highest BCUT2D eigenvalue weighted by molar-refractivity contribution is 5.59. The van der Waals surface area contributed by atoms with Crippen molar-refractivity contribution in [3.05, 3.63) is 22.2 Å². The lowest BCUT2D eigenvalue weighted by Crippen LogP contribution is -2.33. The Kier molecular flexibility index (Phi) is 5.29. The fraction of sp³-hybridized carbons (Fsp3) is 0.615. The summed E-state index contributed by atoms with van der Waals surface area (Å²) in [6, 6.07) is 2.83. The summed E-state index contributed by atoms with van der Waals surface area (Å²) in [4.78, 5) is 16.6. The number of pyridine rings is 1. The molecule has 1 saturated heterocycles. The molecule has 2 heterocycles. The molecular weight excluding hydrogens is 278 g/mol. The Hall–Kier alpha value is -1.93. The van der Waals surface area contributed by atoms with Crippen LogP contribution in [0.3, 0.4) is 0 Å². The van der Waals surface area contributed by atoms with Gasteiger partial charge in [-0.2, -0.15) is 4.98 Å². The fourth-order valence-corrected chi connectivity index (χ4v) is 2.36. The minimum Gasteiger partial charge on any atom is -0.481 e. The predicted molar refractivity (Wildman–Crippen MR) is 75.7 cm³/mol. The van der Waals surface area contributed by atoms with Gasteiger partial charge in [0.25, 0.3) is 0 Å². The summed E-state index contributed by atoms with van der Waals surface area (Å²) < 4.78 is 10.4. The number of nitrogens with zero attached hydrogens (tertiary/aromatic N) is 3. The van der Waals surface area contributed by atoms with E-state index in [9.17, 15) is 15.2 Å². The predicted octanol–water partition coefficient (Wildman–Crippen LogP) is 0.834. The number of rotatable bonds is 7. The van der Waals surface area contributed by atoms with Crippen molar-refractivity contribution in [3.8, 4) is 5.88 Å². The first kappa shape index (κ1) is 15.5. The molecule has 0 radical (unpaired) electrons. The van der Waals surface area contributed by atoms with Gasteiger partial charge in [-0.25, -0.2) is 0 Å². The van der Waals surface area contributed by atoms with Gasteiger partial charge in [-0.15, -0.1) is 0 Å². The molecular formula is C13H19N3O5. The summed E-state index contributed by atoms with van der Waals surface area (Å²) in [5.41, 5.74) is -0.0943. The van der Waals surface area contributed by atoms with Gasteiger partial charge in [-0.1, -0.05) is 0 Å². The number of aliphatic hydroxyl groups excluding tert-OH is 1.